The zero-order chi connectivity index (χ0) is 14.0. The van der Waals surface area contributed by atoms with Gasteiger partial charge in [-0.25, -0.2) is 14.4 Å². The van der Waals surface area contributed by atoms with Gasteiger partial charge in [0.1, 0.15) is 0 Å². The molecule has 0 fully saturated rings. The minimum absolute atomic E-state index is 0.147. The number of rotatable bonds is 9. The van der Waals surface area contributed by atoms with Crippen LogP contribution in [0, 0.1) is 0 Å². The summed E-state index contributed by atoms with van der Waals surface area (Å²) in [5.41, 5.74) is 0. The summed E-state index contributed by atoms with van der Waals surface area (Å²) in [6.07, 6.45) is 0.703. The third-order valence-electron chi connectivity index (χ3n) is 2.03. The number of hydrogen-bond acceptors (Lipinski definition) is 5. The third-order valence-corrected chi connectivity index (χ3v) is 3.71. The Hall–Kier alpha value is -0.620. The molecular formula is C10H23N2O5P. The molecule has 108 valence electrons. The molecule has 1 unspecified atom stereocenters. The quantitative estimate of drug-likeness (QED) is 0.631. The van der Waals surface area contributed by atoms with Crippen molar-refractivity contribution < 1.29 is 23.1 Å². The molecule has 0 aromatic rings. The summed E-state index contributed by atoms with van der Waals surface area (Å²) in [5.74, 6) is 0. The third kappa shape index (κ3) is 6.96. The molecule has 2 amide bonds. The van der Waals surface area contributed by atoms with Crippen LogP contribution in [-0.2, 0) is 18.3 Å². The Bertz CT molecular complexity index is 277. The molecule has 1 atom stereocenters. The Morgan fingerprint density at radius 1 is 1.22 bits per heavy atom. The molecule has 0 aliphatic heterocycles. The molecule has 7 nitrogen and oxygen atoms in total. The molecule has 0 bridgehead atoms. The van der Waals surface area contributed by atoms with E-state index in [4.69, 9.17) is 13.8 Å². The highest BCUT2D eigenvalue weighted by atomic mass is 31.2. The van der Waals surface area contributed by atoms with E-state index in [0.717, 1.165) is 0 Å². The maximum atomic E-state index is 12.0. The highest BCUT2D eigenvalue weighted by molar-refractivity contribution is 7.52. The van der Waals surface area contributed by atoms with E-state index >= 15 is 0 Å². The first-order valence-corrected chi connectivity index (χ1v) is 7.52. The van der Waals surface area contributed by atoms with E-state index in [1.807, 2.05) is 6.92 Å². The summed E-state index contributed by atoms with van der Waals surface area (Å²) in [6, 6.07) is -0.740. The molecule has 18 heavy (non-hydrogen) atoms. The van der Waals surface area contributed by atoms with Crippen molar-refractivity contribution in [3.8, 4) is 0 Å². The van der Waals surface area contributed by atoms with Gasteiger partial charge in [-0.05, 0) is 20.3 Å². The predicted molar refractivity (Wildman–Crippen MR) is 68.5 cm³/mol. The Morgan fingerprint density at radius 3 is 2.17 bits per heavy atom. The fraction of sp³-hybridized carbons (Fsp3) is 0.900. The van der Waals surface area contributed by atoms with Crippen LogP contribution >= 0.6 is 7.75 Å². The largest absolute Gasteiger partial charge is 0.436 e. The fourth-order valence-electron chi connectivity index (χ4n) is 1.25. The van der Waals surface area contributed by atoms with Crippen LogP contribution in [0.1, 0.15) is 27.2 Å². The molecule has 0 heterocycles. The van der Waals surface area contributed by atoms with Gasteiger partial charge in [-0.1, -0.05) is 6.92 Å². The second kappa shape index (κ2) is 9.33. The van der Waals surface area contributed by atoms with E-state index in [9.17, 15) is 9.36 Å². The van der Waals surface area contributed by atoms with E-state index in [1.165, 1.54) is 0 Å². The van der Waals surface area contributed by atoms with Crippen LogP contribution in [0.3, 0.4) is 0 Å². The van der Waals surface area contributed by atoms with Gasteiger partial charge in [0.25, 0.3) is 0 Å². The minimum atomic E-state index is -3.56. The van der Waals surface area contributed by atoms with Gasteiger partial charge in [-0.3, -0.25) is 9.05 Å². The zero-order valence-electron chi connectivity index (χ0n) is 11.4. The van der Waals surface area contributed by atoms with Crippen molar-refractivity contribution in [2.45, 2.75) is 33.2 Å². The molecule has 0 radical (unpaired) electrons. The Labute approximate surface area is 108 Å². The lowest BCUT2D eigenvalue weighted by molar-refractivity contribution is 0.163. The molecule has 0 saturated carbocycles. The van der Waals surface area contributed by atoms with Crippen molar-refractivity contribution in [2.75, 3.05) is 26.9 Å². The summed E-state index contributed by atoms with van der Waals surface area (Å²) in [4.78, 5) is 11.6. The van der Waals surface area contributed by atoms with Gasteiger partial charge < -0.3 is 10.1 Å². The average Bonchev–Trinajstić information content (AvgIpc) is 2.28. The van der Waals surface area contributed by atoms with Crippen molar-refractivity contribution in [1.82, 2.24) is 10.4 Å². The van der Waals surface area contributed by atoms with Crippen molar-refractivity contribution in [3.63, 3.8) is 0 Å². The zero-order valence-corrected chi connectivity index (χ0v) is 12.3. The number of carbonyl (C=O) groups excluding carboxylic acids is 1. The predicted octanol–water partition coefficient (Wildman–Crippen LogP) is 1.89. The van der Waals surface area contributed by atoms with Gasteiger partial charge >= 0.3 is 13.8 Å². The number of ether oxygens (including phenoxy) is 1. The topological polar surface area (TPSA) is 85.9 Å². The van der Waals surface area contributed by atoms with Crippen molar-refractivity contribution in [3.05, 3.63) is 0 Å². The average molecular weight is 282 g/mol. The van der Waals surface area contributed by atoms with Crippen LogP contribution in [0.25, 0.3) is 0 Å². The standard InChI is InChI=1S/C10H23N2O5P/c1-5-9(8-15-4)11-10(13)12-18(14,16-6-2)17-7-3/h9H,5-8H2,1-4H3,(H2,11,12,13,14). The lowest BCUT2D eigenvalue weighted by Crippen LogP contribution is -2.43. The molecule has 0 aromatic heterocycles. The number of carbonyl (C=O) groups is 1. The van der Waals surface area contributed by atoms with Gasteiger partial charge in [0.05, 0.1) is 25.9 Å². The van der Waals surface area contributed by atoms with E-state index in [2.05, 4.69) is 10.4 Å². The summed E-state index contributed by atoms with van der Waals surface area (Å²) in [6.45, 7) is 6.02. The fourth-order valence-corrected chi connectivity index (χ4v) is 2.44. The van der Waals surface area contributed by atoms with Crippen LogP contribution in [0.4, 0.5) is 4.79 Å². The van der Waals surface area contributed by atoms with Gasteiger partial charge in [-0.15, -0.1) is 0 Å². The van der Waals surface area contributed by atoms with Gasteiger partial charge in [-0.2, -0.15) is 0 Å². The molecule has 0 spiro atoms. The second-order valence-electron chi connectivity index (χ2n) is 3.48. The SMILES string of the molecule is CCOP(=O)(NC(=O)NC(CC)COC)OCC. The van der Waals surface area contributed by atoms with E-state index < -0.39 is 13.8 Å². The Morgan fingerprint density at radius 2 is 1.78 bits per heavy atom. The summed E-state index contributed by atoms with van der Waals surface area (Å²) < 4.78 is 26.8. The normalized spacial score (nSPS) is 13.1. The molecular weight excluding hydrogens is 259 g/mol. The Kier molecular flexibility index (Phi) is 9.01. The highest BCUT2D eigenvalue weighted by Gasteiger charge is 2.27. The minimum Gasteiger partial charge on any atom is -0.383 e. The second-order valence-corrected chi connectivity index (χ2v) is 5.21. The van der Waals surface area contributed by atoms with Gasteiger partial charge in [0, 0.05) is 7.11 Å². The molecule has 0 aliphatic carbocycles. The smallest absolute Gasteiger partial charge is 0.383 e. The number of nitrogens with one attached hydrogen (secondary N) is 2. The highest BCUT2D eigenvalue weighted by Crippen LogP contribution is 2.43. The molecule has 0 aromatic carbocycles. The number of amides is 2. The molecule has 0 aliphatic rings. The molecule has 2 N–H and O–H groups in total. The van der Waals surface area contributed by atoms with Gasteiger partial charge in [0.15, 0.2) is 0 Å². The maximum Gasteiger partial charge on any atom is 0.436 e. The van der Waals surface area contributed by atoms with Crippen molar-refractivity contribution >= 4 is 13.8 Å². The first kappa shape index (κ1) is 17.4. The molecule has 8 heteroatoms. The van der Waals surface area contributed by atoms with E-state index in [0.29, 0.717) is 13.0 Å². The molecule has 0 saturated heterocycles. The summed E-state index contributed by atoms with van der Waals surface area (Å²) >= 11 is 0. The maximum absolute atomic E-state index is 12.0. The van der Waals surface area contributed by atoms with E-state index in [1.54, 1.807) is 21.0 Å². The van der Waals surface area contributed by atoms with Gasteiger partial charge in [0.2, 0.25) is 0 Å². The van der Waals surface area contributed by atoms with E-state index in [-0.39, 0.29) is 19.3 Å². The van der Waals surface area contributed by atoms with Crippen molar-refractivity contribution in [1.29, 1.82) is 0 Å². The Balaban J connectivity index is 4.37. The molecule has 0 rings (SSSR count). The number of urea groups is 1. The number of hydrogen-bond donors (Lipinski definition) is 2. The number of methoxy groups -OCH3 is 1. The van der Waals surface area contributed by atoms with Crippen molar-refractivity contribution in [2.24, 2.45) is 0 Å². The first-order chi connectivity index (χ1) is 8.51. The van der Waals surface area contributed by atoms with Crippen LogP contribution < -0.4 is 10.4 Å². The first-order valence-electron chi connectivity index (χ1n) is 5.98. The van der Waals surface area contributed by atoms with Crippen LogP contribution in [0.5, 0.6) is 0 Å². The van der Waals surface area contributed by atoms with Crippen LogP contribution in [-0.4, -0.2) is 39.0 Å². The lowest BCUT2D eigenvalue weighted by atomic mass is 10.2. The summed E-state index contributed by atoms with van der Waals surface area (Å²) in [5, 5.41) is 4.86. The monoisotopic (exact) mass is 282 g/mol. The lowest BCUT2D eigenvalue weighted by Gasteiger charge is -2.20. The van der Waals surface area contributed by atoms with Crippen LogP contribution in [0.2, 0.25) is 0 Å². The summed E-state index contributed by atoms with van der Waals surface area (Å²) in [7, 11) is -2.01. The van der Waals surface area contributed by atoms with Crippen LogP contribution in [0.15, 0.2) is 0 Å².